The largest absolute Gasteiger partial charge is 0.349 e. The predicted molar refractivity (Wildman–Crippen MR) is 98.1 cm³/mol. The van der Waals surface area contributed by atoms with E-state index >= 15 is 0 Å². The van der Waals surface area contributed by atoms with Gasteiger partial charge in [-0.2, -0.15) is 5.10 Å². The first kappa shape index (κ1) is 15.6. The van der Waals surface area contributed by atoms with Crippen molar-refractivity contribution >= 4 is 43.2 Å². The molecule has 1 aliphatic heterocycles. The van der Waals surface area contributed by atoms with E-state index in [9.17, 15) is 4.79 Å². The molecule has 24 heavy (non-hydrogen) atoms. The molecule has 4 rings (SSSR count). The number of aromatic nitrogens is 3. The number of hydrogen-bond acceptors (Lipinski definition) is 6. The second-order valence-corrected chi connectivity index (χ2v) is 7.84. The number of carbonyl (C=O) groups excluding carboxylic acids is 1. The number of nitrogens with one attached hydrogen (secondary N) is 1. The molecule has 0 saturated carbocycles. The topological polar surface area (TPSA) is 65.1 Å². The van der Waals surface area contributed by atoms with Crippen LogP contribution in [0.4, 0.5) is 5.13 Å². The van der Waals surface area contributed by atoms with Gasteiger partial charge in [0.1, 0.15) is 4.83 Å². The summed E-state index contributed by atoms with van der Waals surface area (Å²) in [4.78, 5) is 23.4. The SMILES string of the molecule is CCN(CC)c1nc2sc(C(=O)N3CCc4[nH]ncc4C3)cc2s1. The number of fused-ring (bicyclic) bond motifs is 2. The van der Waals surface area contributed by atoms with Crippen molar-refractivity contribution in [3.8, 4) is 0 Å². The fourth-order valence-electron chi connectivity index (χ4n) is 3.01. The number of aromatic amines is 1. The lowest BCUT2D eigenvalue weighted by molar-refractivity contribution is 0.0739. The summed E-state index contributed by atoms with van der Waals surface area (Å²) >= 11 is 3.17. The van der Waals surface area contributed by atoms with Crippen LogP contribution in [0.25, 0.3) is 9.53 Å². The van der Waals surface area contributed by atoms with Crippen molar-refractivity contribution in [2.75, 3.05) is 24.5 Å². The molecular weight excluding hydrogens is 342 g/mol. The van der Waals surface area contributed by atoms with E-state index in [0.29, 0.717) is 6.54 Å². The molecule has 126 valence electrons. The van der Waals surface area contributed by atoms with Crippen molar-refractivity contribution in [2.24, 2.45) is 0 Å². The molecule has 0 aliphatic carbocycles. The van der Waals surface area contributed by atoms with Crippen LogP contribution in [0.5, 0.6) is 0 Å². The minimum absolute atomic E-state index is 0.0986. The van der Waals surface area contributed by atoms with Crippen molar-refractivity contribution in [2.45, 2.75) is 26.8 Å². The van der Waals surface area contributed by atoms with E-state index in [1.54, 1.807) is 11.3 Å². The number of H-pyrrole nitrogens is 1. The molecule has 3 aromatic rings. The first-order valence-corrected chi connectivity index (χ1v) is 9.78. The molecule has 0 unspecified atom stereocenters. The zero-order chi connectivity index (χ0) is 16.7. The molecule has 0 atom stereocenters. The highest BCUT2D eigenvalue weighted by molar-refractivity contribution is 7.29. The van der Waals surface area contributed by atoms with Crippen LogP contribution >= 0.6 is 22.7 Å². The van der Waals surface area contributed by atoms with E-state index in [4.69, 9.17) is 4.98 Å². The fraction of sp³-hybridized carbons (Fsp3) is 0.438. The van der Waals surface area contributed by atoms with E-state index < -0.39 is 0 Å². The zero-order valence-corrected chi connectivity index (χ0v) is 15.3. The summed E-state index contributed by atoms with van der Waals surface area (Å²) in [5.41, 5.74) is 2.27. The van der Waals surface area contributed by atoms with E-state index in [2.05, 4.69) is 28.9 Å². The molecule has 3 aromatic heterocycles. The number of thiophene rings is 1. The summed E-state index contributed by atoms with van der Waals surface area (Å²) in [5, 5.41) is 8.11. The molecule has 6 nitrogen and oxygen atoms in total. The number of hydrogen-bond donors (Lipinski definition) is 1. The lowest BCUT2D eigenvalue weighted by Gasteiger charge is -2.25. The maximum atomic E-state index is 12.8. The maximum absolute atomic E-state index is 12.8. The predicted octanol–water partition coefficient (Wildman–Crippen LogP) is 3.13. The number of anilines is 1. The Kier molecular flexibility index (Phi) is 4.01. The van der Waals surface area contributed by atoms with Gasteiger partial charge in [-0.3, -0.25) is 9.89 Å². The second-order valence-electron chi connectivity index (χ2n) is 5.80. The molecule has 8 heteroatoms. The monoisotopic (exact) mass is 361 g/mol. The Morgan fingerprint density at radius 3 is 2.96 bits per heavy atom. The van der Waals surface area contributed by atoms with Crippen molar-refractivity contribution in [3.05, 3.63) is 28.4 Å². The Morgan fingerprint density at radius 2 is 2.21 bits per heavy atom. The molecule has 0 bridgehead atoms. The van der Waals surface area contributed by atoms with E-state index in [1.165, 1.54) is 11.3 Å². The number of rotatable bonds is 4. The third-order valence-electron chi connectivity index (χ3n) is 4.41. The lowest BCUT2D eigenvalue weighted by Crippen LogP contribution is -2.35. The molecule has 1 N–H and O–H groups in total. The number of thiazole rings is 1. The zero-order valence-electron chi connectivity index (χ0n) is 13.7. The molecule has 0 fully saturated rings. The van der Waals surface area contributed by atoms with Gasteiger partial charge in [0.2, 0.25) is 0 Å². The average molecular weight is 361 g/mol. The van der Waals surface area contributed by atoms with Crippen LogP contribution in [-0.4, -0.2) is 45.6 Å². The van der Waals surface area contributed by atoms with E-state index in [-0.39, 0.29) is 5.91 Å². The number of carbonyl (C=O) groups is 1. The van der Waals surface area contributed by atoms with Gasteiger partial charge in [0.15, 0.2) is 5.13 Å². The normalized spacial score (nSPS) is 14.2. The average Bonchev–Trinajstić information content (AvgIpc) is 3.28. The van der Waals surface area contributed by atoms with Gasteiger partial charge in [-0.25, -0.2) is 4.98 Å². The molecule has 0 radical (unpaired) electrons. The summed E-state index contributed by atoms with van der Waals surface area (Å²) in [7, 11) is 0. The fourth-order valence-corrected chi connectivity index (χ4v) is 5.32. The van der Waals surface area contributed by atoms with Gasteiger partial charge in [-0.1, -0.05) is 11.3 Å². The summed E-state index contributed by atoms with van der Waals surface area (Å²) in [6, 6.07) is 2.00. The Bertz CT molecular complexity index is 845. The quantitative estimate of drug-likeness (QED) is 0.775. The Hall–Kier alpha value is -1.93. The van der Waals surface area contributed by atoms with Crippen LogP contribution in [-0.2, 0) is 13.0 Å². The van der Waals surface area contributed by atoms with Crippen LogP contribution in [0.2, 0.25) is 0 Å². The van der Waals surface area contributed by atoms with Gasteiger partial charge in [0.05, 0.1) is 15.8 Å². The Morgan fingerprint density at radius 1 is 1.38 bits per heavy atom. The van der Waals surface area contributed by atoms with Gasteiger partial charge in [-0.15, -0.1) is 11.3 Å². The standard InChI is InChI=1S/C16H19N5OS2/c1-3-20(4-2)16-18-14-12(24-16)7-13(23-14)15(22)21-6-5-11-10(9-21)8-17-19-11/h7-8H,3-6,9H2,1-2H3,(H,17,19). The molecule has 0 saturated heterocycles. The summed E-state index contributed by atoms with van der Waals surface area (Å²) < 4.78 is 1.10. The minimum Gasteiger partial charge on any atom is -0.349 e. The Balaban J connectivity index is 1.56. The van der Waals surface area contributed by atoms with Crippen LogP contribution in [0.3, 0.4) is 0 Å². The number of amides is 1. The molecule has 1 amide bonds. The first-order valence-electron chi connectivity index (χ1n) is 8.15. The summed E-state index contributed by atoms with van der Waals surface area (Å²) in [5.74, 6) is 0.0986. The van der Waals surface area contributed by atoms with Crippen LogP contribution in [0.15, 0.2) is 12.3 Å². The van der Waals surface area contributed by atoms with Crippen molar-refractivity contribution in [1.82, 2.24) is 20.1 Å². The smallest absolute Gasteiger partial charge is 0.264 e. The first-order chi connectivity index (χ1) is 11.7. The molecule has 0 aromatic carbocycles. The van der Waals surface area contributed by atoms with Crippen molar-refractivity contribution in [1.29, 1.82) is 0 Å². The van der Waals surface area contributed by atoms with E-state index in [0.717, 1.165) is 56.9 Å². The van der Waals surface area contributed by atoms with Crippen LogP contribution < -0.4 is 4.90 Å². The second kappa shape index (κ2) is 6.18. The molecular formula is C16H19N5OS2. The van der Waals surface area contributed by atoms with E-state index in [1.807, 2.05) is 17.2 Å². The Labute approximate surface area is 148 Å². The number of nitrogens with zero attached hydrogens (tertiary/aromatic N) is 4. The highest BCUT2D eigenvalue weighted by Crippen LogP contribution is 2.35. The van der Waals surface area contributed by atoms with Gasteiger partial charge in [0, 0.05) is 43.9 Å². The summed E-state index contributed by atoms with van der Waals surface area (Å²) in [6.07, 6.45) is 2.66. The van der Waals surface area contributed by atoms with Gasteiger partial charge >= 0.3 is 0 Å². The lowest BCUT2D eigenvalue weighted by atomic mass is 10.1. The highest BCUT2D eigenvalue weighted by atomic mass is 32.1. The van der Waals surface area contributed by atoms with Gasteiger partial charge < -0.3 is 9.80 Å². The molecule has 0 spiro atoms. The van der Waals surface area contributed by atoms with Gasteiger partial charge in [-0.05, 0) is 19.9 Å². The highest BCUT2D eigenvalue weighted by Gasteiger charge is 2.25. The summed E-state index contributed by atoms with van der Waals surface area (Å²) in [6.45, 7) is 7.53. The van der Waals surface area contributed by atoms with Crippen molar-refractivity contribution < 1.29 is 4.79 Å². The van der Waals surface area contributed by atoms with Gasteiger partial charge in [0.25, 0.3) is 5.91 Å². The third-order valence-corrected chi connectivity index (χ3v) is 6.62. The van der Waals surface area contributed by atoms with Crippen LogP contribution in [0.1, 0.15) is 34.8 Å². The van der Waals surface area contributed by atoms with Crippen LogP contribution in [0, 0.1) is 0 Å². The minimum atomic E-state index is 0.0986. The molecule has 4 heterocycles. The maximum Gasteiger partial charge on any atom is 0.264 e. The third kappa shape index (κ3) is 2.59. The van der Waals surface area contributed by atoms with Crippen molar-refractivity contribution in [3.63, 3.8) is 0 Å². The molecule has 1 aliphatic rings.